The van der Waals surface area contributed by atoms with Crippen LogP contribution in [0.3, 0.4) is 0 Å². The van der Waals surface area contributed by atoms with Crippen molar-refractivity contribution in [2.24, 2.45) is 0 Å². The molecule has 1 aromatic heterocycles. The van der Waals surface area contributed by atoms with E-state index >= 15 is 0 Å². The fourth-order valence-corrected chi connectivity index (χ4v) is 1.87. The van der Waals surface area contributed by atoms with Crippen LogP contribution >= 0.6 is 23.0 Å². The van der Waals surface area contributed by atoms with Gasteiger partial charge >= 0.3 is 5.69 Å². The van der Waals surface area contributed by atoms with Gasteiger partial charge in [-0.15, -0.1) is 0 Å². The van der Waals surface area contributed by atoms with Crippen LogP contribution in [0.2, 0.25) is 0 Å². The molecule has 0 aliphatic rings. The van der Waals surface area contributed by atoms with Crippen molar-refractivity contribution >= 4 is 23.0 Å². The normalized spacial score (nSPS) is 10.3. The molecule has 1 heterocycles. The van der Waals surface area contributed by atoms with E-state index in [1.54, 1.807) is 6.92 Å². The first-order chi connectivity index (χ1) is 8.11. The number of hydrogen-bond donors (Lipinski definition) is 1. The molecule has 1 N–H and O–H groups in total. The van der Waals surface area contributed by atoms with Gasteiger partial charge in [-0.1, -0.05) is 0 Å². The maximum atomic E-state index is 11.2. The Morgan fingerprint density at radius 2 is 2.12 bits per heavy atom. The molecule has 0 fully saturated rings. The Balaban J connectivity index is 2.60. The number of aryl methyl sites for hydroxylation is 2. The van der Waals surface area contributed by atoms with Crippen LogP contribution in [0, 0.1) is 13.8 Å². The fraction of sp³-hybridized carbons (Fsp3) is 0.182. The smallest absolute Gasteiger partial charge is 0.361 e. The van der Waals surface area contributed by atoms with Crippen LogP contribution in [-0.4, -0.2) is 15.2 Å². The predicted molar refractivity (Wildman–Crippen MR) is 72.2 cm³/mol. The van der Waals surface area contributed by atoms with E-state index in [-0.39, 0.29) is 0 Å². The number of aromatic amines is 1. The van der Waals surface area contributed by atoms with Crippen molar-refractivity contribution < 1.29 is 3.07 Å². The highest BCUT2D eigenvalue weighted by molar-refractivity contribution is 14.1. The van der Waals surface area contributed by atoms with Gasteiger partial charge in [0, 0.05) is 5.56 Å². The number of nitrogens with one attached hydrogen (secondary N) is 1. The van der Waals surface area contributed by atoms with Gasteiger partial charge in [-0.25, -0.2) is 9.89 Å². The third-order valence-electron chi connectivity index (χ3n) is 2.42. The van der Waals surface area contributed by atoms with E-state index in [0.717, 1.165) is 16.9 Å². The van der Waals surface area contributed by atoms with E-state index in [1.165, 1.54) is 0 Å². The standard InChI is InChI=1S/C11H10IN3O2/c1-6-5-8(17-12)3-4-9(6)10-7(2)14-15-11(16)13-10/h3-5H,1-2H3,(H,13,15,16). The average Bonchev–Trinajstić information content (AvgIpc) is 2.32. The van der Waals surface area contributed by atoms with Gasteiger partial charge in [0.05, 0.1) is 11.4 Å². The molecule has 5 nitrogen and oxygen atoms in total. The summed E-state index contributed by atoms with van der Waals surface area (Å²) < 4.78 is 5.11. The molecular weight excluding hydrogens is 333 g/mol. The number of halogens is 1. The Morgan fingerprint density at radius 1 is 1.35 bits per heavy atom. The minimum atomic E-state index is -0.445. The fourth-order valence-electron chi connectivity index (χ4n) is 1.60. The first kappa shape index (κ1) is 12.0. The highest BCUT2D eigenvalue weighted by Crippen LogP contribution is 2.26. The lowest BCUT2D eigenvalue weighted by molar-refractivity contribution is 0.716. The zero-order valence-corrected chi connectivity index (χ0v) is 11.5. The maximum Gasteiger partial charge on any atom is 0.361 e. The van der Waals surface area contributed by atoms with E-state index < -0.39 is 5.69 Å². The molecule has 0 aliphatic heterocycles. The molecule has 0 saturated heterocycles. The highest BCUT2D eigenvalue weighted by Gasteiger charge is 2.09. The number of rotatable bonds is 2. The van der Waals surface area contributed by atoms with E-state index in [1.807, 2.05) is 48.1 Å². The van der Waals surface area contributed by atoms with Crippen molar-refractivity contribution in [3.8, 4) is 17.0 Å². The highest BCUT2D eigenvalue weighted by atomic mass is 127. The van der Waals surface area contributed by atoms with Crippen molar-refractivity contribution in [2.45, 2.75) is 13.8 Å². The first-order valence-corrected chi connectivity index (χ1v) is 5.83. The van der Waals surface area contributed by atoms with Gasteiger partial charge in [-0.3, -0.25) is 0 Å². The van der Waals surface area contributed by atoms with Crippen LogP contribution < -0.4 is 8.76 Å². The van der Waals surface area contributed by atoms with Gasteiger partial charge in [0.1, 0.15) is 5.75 Å². The minimum absolute atomic E-state index is 0.445. The summed E-state index contributed by atoms with van der Waals surface area (Å²) in [5, 5.41) is 6.22. The Morgan fingerprint density at radius 3 is 2.76 bits per heavy atom. The summed E-state index contributed by atoms with van der Waals surface area (Å²) in [6, 6.07) is 5.60. The molecule has 1 aromatic carbocycles. The van der Waals surface area contributed by atoms with E-state index in [4.69, 9.17) is 3.07 Å². The molecule has 0 atom stereocenters. The Bertz CT molecular complexity index is 610. The quantitative estimate of drug-likeness (QED) is 0.849. The van der Waals surface area contributed by atoms with E-state index in [2.05, 4.69) is 15.2 Å². The second-order valence-corrected chi connectivity index (χ2v) is 4.07. The van der Waals surface area contributed by atoms with Crippen LogP contribution in [0.5, 0.6) is 5.75 Å². The predicted octanol–water partition coefficient (Wildman–Crippen LogP) is 2.18. The summed E-state index contributed by atoms with van der Waals surface area (Å²) in [7, 11) is 0. The third kappa shape index (κ3) is 2.46. The topological polar surface area (TPSA) is 67.9 Å². The lowest BCUT2D eigenvalue weighted by Gasteiger charge is -2.07. The van der Waals surface area contributed by atoms with Gasteiger partial charge in [-0.2, -0.15) is 10.1 Å². The van der Waals surface area contributed by atoms with Crippen molar-refractivity contribution in [1.82, 2.24) is 15.2 Å². The van der Waals surface area contributed by atoms with Crippen molar-refractivity contribution in [3.63, 3.8) is 0 Å². The summed E-state index contributed by atoms with van der Waals surface area (Å²) in [6.07, 6.45) is 0. The molecule has 0 amide bonds. The molecule has 0 unspecified atom stereocenters. The third-order valence-corrected chi connectivity index (χ3v) is 2.93. The molecule has 17 heavy (non-hydrogen) atoms. The second kappa shape index (κ2) is 4.82. The second-order valence-electron chi connectivity index (χ2n) is 3.63. The Hall–Kier alpha value is -1.44. The molecule has 0 saturated carbocycles. The zero-order valence-electron chi connectivity index (χ0n) is 9.32. The van der Waals surface area contributed by atoms with E-state index in [9.17, 15) is 4.79 Å². The largest absolute Gasteiger partial charge is 0.428 e. The lowest BCUT2D eigenvalue weighted by Crippen LogP contribution is -2.14. The van der Waals surface area contributed by atoms with Crippen LogP contribution in [0.15, 0.2) is 23.0 Å². The molecule has 0 aliphatic carbocycles. The van der Waals surface area contributed by atoms with Gasteiger partial charge < -0.3 is 3.07 Å². The Labute approximate surface area is 112 Å². The van der Waals surface area contributed by atoms with Gasteiger partial charge in [0.15, 0.2) is 23.0 Å². The Kier molecular flexibility index (Phi) is 3.41. The molecule has 2 aromatic rings. The SMILES string of the molecule is Cc1cc(OI)ccc1-c1nc(=O)[nH]nc1C. The minimum Gasteiger partial charge on any atom is -0.428 e. The van der Waals surface area contributed by atoms with Gasteiger partial charge in [0.25, 0.3) is 0 Å². The maximum absolute atomic E-state index is 11.2. The van der Waals surface area contributed by atoms with Crippen LogP contribution in [0.25, 0.3) is 11.3 Å². The number of aromatic nitrogens is 3. The van der Waals surface area contributed by atoms with Crippen molar-refractivity contribution in [2.75, 3.05) is 0 Å². The van der Waals surface area contributed by atoms with E-state index in [0.29, 0.717) is 11.4 Å². The molecule has 88 valence electrons. The zero-order chi connectivity index (χ0) is 12.4. The molecular formula is C11H10IN3O2. The van der Waals surface area contributed by atoms with Crippen LogP contribution in [0.4, 0.5) is 0 Å². The number of H-pyrrole nitrogens is 1. The number of nitrogens with zero attached hydrogens (tertiary/aromatic N) is 2. The molecule has 6 heteroatoms. The summed E-state index contributed by atoms with van der Waals surface area (Å²) >= 11 is 1.83. The number of hydrogen-bond acceptors (Lipinski definition) is 4. The summed E-state index contributed by atoms with van der Waals surface area (Å²) in [5.74, 6) is 0.766. The first-order valence-electron chi connectivity index (χ1n) is 4.95. The van der Waals surface area contributed by atoms with Crippen LogP contribution in [0.1, 0.15) is 11.3 Å². The van der Waals surface area contributed by atoms with Gasteiger partial charge in [-0.05, 0) is 37.6 Å². The lowest BCUT2D eigenvalue weighted by atomic mass is 10.0. The van der Waals surface area contributed by atoms with Crippen molar-refractivity contribution in [1.29, 1.82) is 0 Å². The summed E-state index contributed by atoms with van der Waals surface area (Å²) in [4.78, 5) is 15.1. The van der Waals surface area contributed by atoms with Crippen LogP contribution in [-0.2, 0) is 0 Å². The average molecular weight is 343 g/mol. The summed E-state index contributed by atoms with van der Waals surface area (Å²) in [5.41, 5.74) is 2.72. The van der Waals surface area contributed by atoms with Crippen molar-refractivity contribution in [3.05, 3.63) is 39.9 Å². The molecule has 0 bridgehead atoms. The molecule has 0 spiro atoms. The monoisotopic (exact) mass is 343 g/mol. The number of benzene rings is 1. The van der Waals surface area contributed by atoms with Gasteiger partial charge in [0.2, 0.25) is 0 Å². The molecule has 2 rings (SSSR count). The molecule has 0 radical (unpaired) electrons. The summed E-state index contributed by atoms with van der Waals surface area (Å²) in [6.45, 7) is 3.75.